The lowest BCUT2D eigenvalue weighted by atomic mass is 10.1. The van der Waals surface area contributed by atoms with Crippen molar-refractivity contribution < 1.29 is 9.78 Å². The molecule has 0 bridgehead atoms. The molecule has 0 radical (unpaired) electrons. The van der Waals surface area contributed by atoms with Crippen molar-refractivity contribution in [3.05, 3.63) is 0 Å². The summed E-state index contributed by atoms with van der Waals surface area (Å²) in [4.78, 5) is 13.4. The fourth-order valence-corrected chi connectivity index (χ4v) is 0.913. The van der Waals surface area contributed by atoms with Crippen molar-refractivity contribution in [2.24, 2.45) is 4.99 Å². The van der Waals surface area contributed by atoms with Crippen LogP contribution in [0.15, 0.2) is 4.99 Å². The molecule has 1 fully saturated rings. The molecular formula is C5H7NO2. The van der Waals surface area contributed by atoms with Crippen molar-refractivity contribution in [3.8, 4) is 0 Å². The summed E-state index contributed by atoms with van der Waals surface area (Å²) in [6, 6.07) is 0. The monoisotopic (exact) mass is 113 g/mol. The summed E-state index contributed by atoms with van der Waals surface area (Å²) in [6.45, 7) is 0. The second-order valence-electron chi connectivity index (χ2n) is 2.03. The van der Waals surface area contributed by atoms with Crippen LogP contribution in [0, 0.1) is 0 Å². The van der Waals surface area contributed by atoms with Crippen LogP contribution in [0.5, 0.6) is 0 Å². The number of aliphatic imine (C=N–C) groups is 1. The zero-order valence-electron chi connectivity index (χ0n) is 4.41. The van der Waals surface area contributed by atoms with Gasteiger partial charge in [0.25, 0.3) is 0 Å². The van der Waals surface area contributed by atoms with Crippen molar-refractivity contribution in [2.45, 2.75) is 25.2 Å². The highest BCUT2D eigenvalue weighted by Crippen LogP contribution is 2.24. The van der Waals surface area contributed by atoms with Gasteiger partial charge >= 0.3 is 0 Å². The van der Waals surface area contributed by atoms with E-state index in [4.69, 9.17) is 4.89 Å². The van der Waals surface area contributed by atoms with Crippen LogP contribution in [-0.4, -0.2) is 18.5 Å². The average molecular weight is 113 g/mol. The number of fused-ring (bicyclic) bond motifs is 1. The van der Waals surface area contributed by atoms with Gasteiger partial charge in [0.2, 0.25) is 6.23 Å². The Balaban J connectivity index is 2.08. The van der Waals surface area contributed by atoms with E-state index in [1.165, 1.54) is 0 Å². The first-order valence-corrected chi connectivity index (χ1v) is 2.80. The minimum atomic E-state index is 0.0312. The largest absolute Gasteiger partial charge is 0.260 e. The lowest BCUT2D eigenvalue weighted by Crippen LogP contribution is -2.43. The van der Waals surface area contributed by atoms with Gasteiger partial charge in [-0.2, -0.15) is 0 Å². The normalized spacial score (nSPS) is 43.0. The number of hydrogen-bond donors (Lipinski definition) is 0. The van der Waals surface area contributed by atoms with E-state index in [0.29, 0.717) is 0 Å². The molecule has 3 nitrogen and oxygen atoms in total. The maximum Gasteiger partial charge on any atom is 0.211 e. The van der Waals surface area contributed by atoms with Crippen LogP contribution in [0.25, 0.3) is 0 Å². The Morgan fingerprint density at radius 1 is 1.50 bits per heavy atom. The molecule has 44 valence electrons. The van der Waals surface area contributed by atoms with Gasteiger partial charge in [-0.1, -0.05) is 0 Å². The van der Waals surface area contributed by atoms with Crippen LogP contribution >= 0.6 is 0 Å². The molecule has 8 heavy (non-hydrogen) atoms. The SMILES string of the molecule is C1=NC2OOC2CC1. The smallest absolute Gasteiger partial charge is 0.211 e. The van der Waals surface area contributed by atoms with Gasteiger partial charge in [0.15, 0.2) is 0 Å². The molecule has 0 spiro atoms. The van der Waals surface area contributed by atoms with Crippen LogP contribution < -0.4 is 0 Å². The van der Waals surface area contributed by atoms with E-state index in [-0.39, 0.29) is 12.3 Å². The van der Waals surface area contributed by atoms with Gasteiger partial charge in [0.05, 0.1) is 0 Å². The van der Waals surface area contributed by atoms with E-state index in [2.05, 4.69) is 9.88 Å². The molecule has 2 heterocycles. The molecule has 0 aliphatic carbocycles. The molecule has 0 aromatic carbocycles. The van der Waals surface area contributed by atoms with Crippen molar-refractivity contribution >= 4 is 6.21 Å². The van der Waals surface area contributed by atoms with E-state index in [1.807, 2.05) is 6.21 Å². The molecular weight excluding hydrogens is 106 g/mol. The predicted octanol–water partition coefficient (Wildman–Crippen LogP) is 0.508. The van der Waals surface area contributed by atoms with E-state index in [9.17, 15) is 0 Å². The van der Waals surface area contributed by atoms with Crippen LogP contribution in [0.4, 0.5) is 0 Å². The van der Waals surface area contributed by atoms with Crippen LogP contribution in [0.2, 0.25) is 0 Å². The zero-order valence-corrected chi connectivity index (χ0v) is 4.41. The molecule has 2 aliphatic rings. The van der Waals surface area contributed by atoms with Gasteiger partial charge in [-0.25, -0.2) is 9.78 Å². The Labute approximate surface area is 47.2 Å². The van der Waals surface area contributed by atoms with Crippen molar-refractivity contribution in [1.29, 1.82) is 0 Å². The lowest BCUT2D eigenvalue weighted by Gasteiger charge is -2.33. The Hall–Kier alpha value is -0.410. The van der Waals surface area contributed by atoms with E-state index < -0.39 is 0 Å². The maximum atomic E-state index is 4.72. The first-order chi connectivity index (χ1) is 3.97. The van der Waals surface area contributed by atoms with Gasteiger partial charge < -0.3 is 0 Å². The van der Waals surface area contributed by atoms with E-state index in [0.717, 1.165) is 12.8 Å². The highest BCUT2D eigenvalue weighted by molar-refractivity contribution is 5.58. The first kappa shape index (κ1) is 4.47. The third-order valence-corrected chi connectivity index (χ3v) is 1.43. The molecule has 2 atom stereocenters. The summed E-state index contributed by atoms with van der Waals surface area (Å²) in [7, 11) is 0. The lowest BCUT2D eigenvalue weighted by molar-refractivity contribution is -0.464. The summed E-state index contributed by atoms with van der Waals surface area (Å²) in [5.74, 6) is 0. The Morgan fingerprint density at radius 2 is 2.50 bits per heavy atom. The average Bonchev–Trinajstić information content (AvgIpc) is 1.72. The van der Waals surface area contributed by atoms with Gasteiger partial charge in [-0.3, -0.25) is 4.99 Å². The molecule has 2 rings (SSSR count). The summed E-state index contributed by atoms with van der Waals surface area (Å²) >= 11 is 0. The Morgan fingerprint density at radius 3 is 2.88 bits per heavy atom. The van der Waals surface area contributed by atoms with Crippen LogP contribution in [0.1, 0.15) is 12.8 Å². The van der Waals surface area contributed by atoms with Gasteiger partial charge in [0.1, 0.15) is 6.10 Å². The number of rotatable bonds is 0. The van der Waals surface area contributed by atoms with Gasteiger partial charge in [-0.15, -0.1) is 0 Å². The summed E-state index contributed by atoms with van der Waals surface area (Å²) in [5, 5.41) is 0. The fourth-order valence-electron chi connectivity index (χ4n) is 0.913. The van der Waals surface area contributed by atoms with Crippen LogP contribution in [0.3, 0.4) is 0 Å². The molecule has 0 saturated carbocycles. The predicted molar refractivity (Wildman–Crippen MR) is 27.5 cm³/mol. The third kappa shape index (κ3) is 0.485. The maximum absolute atomic E-state index is 4.72. The molecule has 0 aromatic rings. The molecule has 1 saturated heterocycles. The van der Waals surface area contributed by atoms with E-state index >= 15 is 0 Å². The first-order valence-electron chi connectivity index (χ1n) is 2.80. The highest BCUT2D eigenvalue weighted by Gasteiger charge is 2.35. The summed E-state index contributed by atoms with van der Waals surface area (Å²) < 4.78 is 0. The van der Waals surface area contributed by atoms with Gasteiger partial charge in [0, 0.05) is 6.21 Å². The number of hydrogen-bond acceptors (Lipinski definition) is 3. The Bertz CT molecular complexity index is 124. The van der Waals surface area contributed by atoms with Crippen molar-refractivity contribution in [3.63, 3.8) is 0 Å². The molecule has 2 unspecified atom stereocenters. The molecule has 2 aliphatic heterocycles. The van der Waals surface area contributed by atoms with E-state index in [1.54, 1.807) is 0 Å². The third-order valence-electron chi connectivity index (χ3n) is 1.43. The zero-order chi connectivity index (χ0) is 5.40. The fraction of sp³-hybridized carbons (Fsp3) is 0.800. The molecule has 0 N–H and O–H groups in total. The summed E-state index contributed by atoms with van der Waals surface area (Å²) in [6.07, 6.45) is 4.28. The second-order valence-corrected chi connectivity index (χ2v) is 2.03. The molecule has 0 amide bonds. The molecule has 0 aromatic heterocycles. The second kappa shape index (κ2) is 1.53. The minimum absolute atomic E-state index is 0.0312. The summed E-state index contributed by atoms with van der Waals surface area (Å²) in [5.41, 5.74) is 0. The minimum Gasteiger partial charge on any atom is -0.260 e. The van der Waals surface area contributed by atoms with Crippen molar-refractivity contribution in [1.82, 2.24) is 0 Å². The quantitative estimate of drug-likeness (QED) is 0.428. The standard InChI is InChI=1S/C5H7NO2/c1-2-4-5(6-3-1)8-7-4/h3-5H,1-2H2. The van der Waals surface area contributed by atoms with Crippen molar-refractivity contribution in [2.75, 3.05) is 0 Å². The highest BCUT2D eigenvalue weighted by atomic mass is 17.3. The Kier molecular flexibility index (Phi) is 0.856. The molecule has 3 heteroatoms. The van der Waals surface area contributed by atoms with Crippen LogP contribution in [-0.2, 0) is 9.78 Å². The number of nitrogens with zero attached hydrogens (tertiary/aromatic N) is 1. The topological polar surface area (TPSA) is 30.8 Å². The van der Waals surface area contributed by atoms with Gasteiger partial charge in [-0.05, 0) is 12.8 Å².